The van der Waals surface area contributed by atoms with Gasteiger partial charge in [0.05, 0.1) is 10.9 Å². The molecule has 0 saturated carbocycles. The van der Waals surface area contributed by atoms with Gasteiger partial charge in [0, 0.05) is 18.7 Å². The van der Waals surface area contributed by atoms with Gasteiger partial charge in [-0.2, -0.15) is 0 Å². The fourth-order valence-electron chi connectivity index (χ4n) is 2.80. The standard InChI is InChI=1S/C19H18FN3O2S/c1-2-23-18(25)14-8-7-13(11-16(14)22-19(23)26)17(24)21-10-9-12-5-3-4-6-15(12)20/h3-8,11H,2,9-10H2,1H3,(H,21,24)(H,22,26). The smallest absolute Gasteiger partial charge is 0.262 e. The number of H-pyrrole nitrogens is 1. The highest BCUT2D eigenvalue weighted by atomic mass is 32.1. The van der Waals surface area contributed by atoms with Crippen LogP contribution in [0.3, 0.4) is 0 Å². The summed E-state index contributed by atoms with van der Waals surface area (Å²) in [4.78, 5) is 27.7. The van der Waals surface area contributed by atoms with Gasteiger partial charge in [-0.05, 0) is 55.4 Å². The Balaban J connectivity index is 1.77. The molecule has 26 heavy (non-hydrogen) atoms. The molecule has 1 aromatic heterocycles. The Morgan fingerprint density at radius 2 is 2.04 bits per heavy atom. The van der Waals surface area contributed by atoms with Crippen LogP contribution < -0.4 is 10.9 Å². The zero-order valence-electron chi connectivity index (χ0n) is 14.2. The minimum absolute atomic E-state index is 0.183. The van der Waals surface area contributed by atoms with E-state index in [-0.39, 0.29) is 17.3 Å². The number of rotatable bonds is 5. The second kappa shape index (κ2) is 7.61. The van der Waals surface area contributed by atoms with Crippen molar-refractivity contribution in [3.8, 4) is 0 Å². The molecule has 0 saturated heterocycles. The fourth-order valence-corrected chi connectivity index (χ4v) is 3.12. The number of carbonyl (C=O) groups is 1. The number of nitrogens with one attached hydrogen (secondary N) is 2. The van der Waals surface area contributed by atoms with Crippen molar-refractivity contribution in [3.05, 3.63) is 74.5 Å². The van der Waals surface area contributed by atoms with E-state index in [0.717, 1.165) is 0 Å². The Morgan fingerprint density at radius 3 is 2.77 bits per heavy atom. The Morgan fingerprint density at radius 1 is 1.27 bits per heavy atom. The topological polar surface area (TPSA) is 66.9 Å². The normalized spacial score (nSPS) is 10.8. The molecule has 0 unspecified atom stereocenters. The quantitative estimate of drug-likeness (QED) is 0.677. The molecule has 2 N–H and O–H groups in total. The number of amides is 1. The molecular weight excluding hydrogens is 353 g/mol. The van der Waals surface area contributed by atoms with Crippen LogP contribution >= 0.6 is 12.2 Å². The molecule has 0 radical (unpaired) electrons. The van der Waals surface area contributed by atoms with E-state index >= 15 is 0 Å². The summed E-state index contributed by atoms with van der Waals surface area (Å²) in [5, 5.41) is 3.24. The molecule has 3 aromatic rings. The van der Waals surface area contributed by atoms with Gasteiger partial charge in [0.2, 0.25) is 0 Å². The number of aromatic amines is 1. The highest BCUT2D eigenvalue weighted by Gasteiger charge is 2.10. The van der Waals surface area contributed by atoms with Crippen LogP contribution in [0.5, 0.6) is 0 Å². The first-order valence-electron chi connectivity index (χ1n) is 8.29. The van der Waals surface area contributed by atoms with Crippen molar-refractivity contribution >= 4 is 29.0 Å². The number of fused-ring (bicyclic) bond motifs is 1. The second-order valence-electron chi connectivity index (χ2n) is 5.84. The predicted octanol–water partition coefficient (Wildman–Crippen LogP) is 3.19. The first-order valence-corrected chi connectivity index (χ1v) is 8.70. The van der Waals surface area contributed by atoms with E-state index in [1.807, 2.05) is 6.92 Å². The van der Waals surface area contributed by atoms with Crippen molar-refractivity contribution in [3.63, 3.8) is 0 Å². The summed E-state index contributed by atoms with van der Waals surface area (Å²) in [6.07, 6.45) is 0.398. The molecule has 0 fully saturated rings. The summed E-state index contributed by atoms with van der Waals surface area (Å²) in [7, 11) is 0. The molecule has 2 aromatic carbocycles. The second-order valence-corrected chi connectivity index (χ2v) is 6.22. The first kappa shape index (κ1) is 18.0. The lowest BCUT2D eigenvalue weighted by Crippen LogP contribution is -2.26. The van der Waals surface area contributed by atoms with E-state index < -0.39 is 0 Å². The van der Waals surface area contributed by atoms with Crippen molar-refractivity contribution in [2.24, 2.45) is 0 Å². The maximum absolute atomic E-state index is 13.6. The van der Waals surface area contributed by atoms with E-state index in [2.05, 4.69) is 10.3 Å². The summed E-state index contributed by atoms with van der Waals surface area (Å²) >= 11 is 5.18. The SMILES string of the molecule is CCn1c(=S)[nH]c2cc(C(=O)NCCc3ccccc3F)ccc2c1=O. The fraction of sp³-hybridized carbons (Fsp3) is 0.211. The Labute approximate surface area is 154 Å². The lowest BCUT2D eigenvalue weighted by Gasteiger charge is -2.08. The van der Waals surface area contributed by atoms with Gasteiger partial charge >= 0.3 is 0 Å². The maximum atomic E-state index is 13.6. The lowest BCUT2D eigenvalue weighted by molar-refractivity contribution is 0.0954. The predicted molar refractivity (Wildman–Crippen MR) is 102 cm³/mol. The van der Waals surface area contributed by atoms with Crippen LogP contribution in [0.4, 0.5) is 4.39 Å². The molecule has 3 rings (SSSR count). The van der Waals surface area contributed by atoms with Gasteiger partial charge in [-0.3, -0.25) is 14.2 Å². The van der Waals surface area contributed by atoms with Gasteiger partial charge in [0.15, 0.2) is 4.77 Å². The van der Waals surface area contributed by atoms with E-state index in [9.17, 15) is 14.0 Å². The number of nitrogens with zero attached hydrogens (tertiary/aromatic N) is 1. The van der Waals surface area contributed by atoms with Gasteiger partial charge in [-0.15, -0.1) is 0 Å². The summed E-state index contributed by atoms with van der Waals surface area (Å²) in [6.45, 7) is 2.63. The van der Waals surface area contributed by atoms with Crippen LogP contribution in [0.15, 0.2) is 47.3 Å². The largest absolute Gasteiger partial charge is 0.352 e. The van der Waals surface area contributed by atoms with E-state index in [4.69, 9.17) is 12.2 Å². The number of hydrogen-bond donors (Lipinski definition) is 2. The van der Waals surface area contributed by atoms with Crippen molar-refractivity contribution < 1.29 is 9.18 Å². The van der Waals surface area contributed by atoms with Crippen LogP contribution in [0, 0.1) is 10.6 Å². The van der Waals surface area contributed by atoms with Gasteiger partial charge in [-0.1, -0.05) is 18.2 Å². The van der Waals surface area contributed by atoms with Crippen molar-refractivity contribution in [2.75, 3.05) is 6.54 Å². The van der Waals surface area contributed by atoms with Crippen LogP contribution in [0.2, 0.25) is 0 Å². The molecule has 134 valence electrons. The van der Waals surface area contributed by atoms with Crippen LogP contribution in [-0.2, 0) is 13.0 Å². The summed E-state index contributed by atoms with van der Waals surface area (Å²) in [6, 6.07) is 11.3. The summed E-state index contributed by atoms with van der Waals surface area (Å²) < 4.78 is 15.4. The molecule has 0 bridgehead atoms. The third-order valence-electron chi connectivity index (χ3n) is 4.20. The first-order chi connectivity index (χ1) is 12.5. The maximum Gasteiger partial charge on any atom is 0.262 e. The number of halogens is 1. The number of benzene rings is 2. The monoisotopic (exact) mass is 371 g/mol. The van der Waals surface area contributed by atoms with Crippen molar-refractivity contribution in [1.29, 1.82) is 0 Å². The molecule has 0 atom stereocenters. The molecule has 1 heterocycles. The molecule has 0 spiro atoms. The van der Waals surface area contributed by atoms with Gasteiger partial charge in [-0.25, -0.2) is 4.39 Å². The zero-order chi connectivity index (χ0) is 18.7. The highest BCUT2D eigenvalue weighted by molar-refractivity contribution is 7.71. The average molecular weight is 371 g/mol. The van der Waals surface area contributed by atoms with Crippen LogP contribution in [0.25, 0.3) is 10.9 Å². The Kier molecular flexibility index (Phi) is 5.27. The molecule has 5 nitrogen and oxygen atoms in total. The number of aromatic nitrogens is 2. The molecule has 7 heteroatoms. The van der Waals surface area contributed by atoms with Crippen molar-refractivity contribution in [2.45, 2.75) is 19.9 Å². The molecule has 1 amide bonds. The van der Waals surface area contributed by atoms with Crippen LogP contribution in [-0.4, -0.2) is 22.0 Å². The van der Waals surface area contributed by atoms with E-state index in [1.54, 1.807) is 36.4 Å². The Hall–Kier alpha value is -2.80. The molecule has 0 aliphatic carbocycles. The molecule has 0 aliphatic rings. The summed E-state index contributed by atoms with van der Waals surface area (Å²) in [5.41, 5.74) is 1.30. The minimum atomic E-state index is -0.290. The lowest BCUT2D eigenvalue weighted by atomic mass is 10.1. The minimum Gasteiger partial charge on any atom is -0.352 e. The molecular formula is C19H18FN3O2S. The van der Waals surface area contributed by atoms with Gasteiger partial charge < -0.3 is 10.3 Å². The number of hydrogen-bond acceptors (Lipinski definition) is 3. The third kappa shape index (κ3) is 3.57. The van der Waals surface area contributed by atoms with Gasteiger partial charge in [0.25, 0.3) is 11.5 Å². The summed E-state index contributed by atoms with van der Waals surface area (Å²) in [5.74, 6) is -0.575. The van der Waals surface area contributed by atoms with Gasteiger partial charge in [0.1, 0.15) is 5.82 Å². The molecule has 0 aliphatic heterocycles. The number of carbonyl (C=O) groups excluding carboxylic acids is 1. The van der Waals surface area contributed by atoms with Crippen LogP contribution in [0.1, 0.15) is 22.8 Å². The zero-order valence-corrected chi connectivity index (χ0v) is 15.0. The third-order valence-corrected chi connectivity index (χ3v) is 4.52. The highest BCUT2D eigenvalue weighted by Crippen LogP contribution is 2.11. The Bertz CT molecular complexity index is 1090. The van der Waals surface area contributed by atoms with Crippen molar-refractivity contribution in [1.82, 2.24) is 14.9 Å². The van der Waals surface area contributed by atoms with E-state index in [0.29, 0.717) is 46.3 Å². The van der Waals surface area contributed by atoms with E-state index in [1.165, 1.54) is 10.6 Å². The average Bonchev–Trinajstić information content (AvgIpc) is 2.63.